The third kappa shape index (κ3) is 3.07. The van der Waals surface area contributed by atoms with E-state index >= 15 is 0 Å². The van der Waals surface area contributed by atoms with E-state index < -0.39 is 0 Å². The van der Waals surface area contributed by atoms with Crippen molar-refractivity contribution in [2.45, 2.75) is 25.9 Å². The molecule has 0 aliphatic carbocycles. The Balaban J connectivity index is 1.57. The fourth-order valence-corrected chi connectivity index (χ4v) is 2.55. The van der Waals surface area contributed by atoms with Crippen molar-refractivity contribution in [3.8, 4) is 5.88 Å². The molecule has 20 heavy (non-hydrogen) atoms. The number of anilines is 1. The summed E-state index contributed by atoms with van der Waals surface area (Å²) >= 11 is 0. The lowest BCUT2D eigenvalue weighted by atomic mass is 10.1. The van der Waals surface area contributed by atoms with E-state index in [2.05, 4.69) is 27.0 Å². The second-order valence-corrected chi connectivity index (χ2v) is 5.13. The number of aryl methyl sites for hydroxylation is 1. The van der Waals surface area contributed by atoms with Crippen LogP contribution in [0.2, 0.25) is 0 Å². The number of aromatic nitrogens is 2. The zero-order valence-electron chi connectivity index (χ0n) is 11.7. The summed E-state index contributed by atoms with van der Waals surface area (Å²) in [5, 5.41) is 0. The van der Waals surface area contributed by atoms with Gasteiger partial charge in [0, 0.05) is 55.8 Å². The first-order valence-corrected chi connectivity index (χ1v) is 7.06. The number of hydrogen-bond donors (Lipinski definition) is 0. The first-order chi connectivity index (χ1) is 9.81. The minimum absolute atomic E-state index is 0.268. The van der Waals surface area contributed by atoms with E-state index in [1.54, 1.807) is 6.20 Å². The van der Waals surface area contributed by atoms with Crippen LogP contribution in [0, 0.1) is 6.92 Å². The van der Waals surface area contributed by atoms with Crippen LogP contribution in [0.3, 0.4) is 0 Å². The van der Waals surface area contributed by atoms with Gasteiger partial charge in [0.2, 0.25) is 5.88 Å². The Kier molecular flexibility index (Phi) is 3.81. The van der Waals surface area contributed by atoms with Crippen molar-refractivity contribution >= 4 is 5.69 Å². The van der Waals surface area contributed by atoms with Gasteiger partial charge in [0.05, 0.1) is 0 Å². The highest BCUT2D eigenvalue weighted by molar-refractivity contribution is 5.46. The molecule has 1 aliphatic heterocycles. The Labute approximate surface area is 119 Å². The highest BCUT2D eigenvalue weighted by Gasteiger charge is 2.21. The van der Waals surface area contributed by atoms with Crippen LogP contribution in [0.1, 0.15) is 18.5 Å². The maximum atomic E-state index is 5.91. The van der Waals surface area contributed by atoms with E-state index in [-0.39, 0.29) is 6.10 Å². The molecule has 4 heteroatoms. The largest absolute Gasteiger partial charge is 0.474 e. The lowest BCUT2D eigenvalue weighted by molar-refractivity contribution is 0.164. The minimum Gasteiger partial charge on any atom is -0.474 e. The van der Waals surface area contributed by atoms with E-state index in [0.29, 0.717) is 0 Å². The molecule has 2 aromatic heterocycles. The van der Waals surface area contributed by atoms with Gasteiger partial charge in [0.15, 0.2) is 0 Å². The van der Waals surface area contributed by atoms with Gasteiger partial charge in [-0.15, -0.1) is 0 Å². The van der Waals surface area contributed by atoms with Crippen molar-refractivity contribution in [3.05, 3.63) is 48.4 Å². The molecule has 0 spiro atoms. The minimum atomic E-state index is 0.268. The maximum absolute atomic E-state index is 5.91. The molecule has 2 aromatic rings. The maximum Gasteiger partial charge on any atom is 0.213 e. The predicted octanol–water partition coefficient (Wildman–Crippen LogP) is 2.83. The summed E-state index contributed by atoms with van der Waals surface area (Å²) in [7, 11) is 0. The summed E-state index contributed by atoms with van der Waals surface area (Å²) in [5.74, 6) is 0.728. The molecule has 0 radical (unpaired) electrons. The molecule has 1 aliphatic rings. The Morgan fingerprint density at radius 1 is 1.10 bits per heavy atom. The van der Waals surface area contributed by atoms with Crippen molar-refractivity contribution in [2.75, 3.05) is 18.0 Å². The molecule has 1 saturated heterocycles. The van der Waals surface area contributed by atoms with Crippen molar-refractivity contribution in [1.29, 1.82) is 0 Å². The van der Waals surface area contributed by atoms with E-state index in [9.17, 15) is 0 Å². The fraction of sp³-hybridized carbons (Fsp3) is 0.375. The van der Waals surface area contributed by atoms with Gasteiger partial charge in [-0.1, -0.05) is 6.07 Å². The average Bonchev–Trinajstić information content (AvgIpc) is 2.49. The van der Waals surface area contributed by atoms with E-state index in [1.807, 2.05) is 31.3 Å². The number of ether oxygens (including phenoxy) is 1. The Morgan fingerprint density at radius 3 is 2.65 bits per heavy atom. The number of nitrogens with zero attached hydrogens (tertiary/aromatic N) is 3. The number of rotatable bonds is 3. The second-order valence-electron chi connectivity index (χ2n) is 5.13. The highest BCUT2D eigenvalue weighted by Crippen LogP contribution is 2.22. The van der Waals surface area contributed by atoms with Gasteiger partial charge in [0.25, 0.3) is 0 Å². The van der Waals surface area contributed by atoms with Crippen LogP contribution in [-0.4, -0.2) is 29.2 Å². The van der Waals surface area contributed by atoms with Crippen LogP contribution in [0.5, 0.6) is 5.88 Å². The number of piperidine rings is 1. The molecule has 3 heterocycles. The predicted molar refractivity (Wildman–Crippen MR) is 79.1 cm³/mol. The number of pyridine rings is 2. The van der Waals surface area contributed by atoms with Crippen molar-refractivity contribution in [2.24, 2.45) is 0 Å². The molecular formula is C16H19N3O. The summed E-state index contributed by atoms with van der Waals surface area (Å²) in [6, 6.07) is 9.99. The molecule has 0 N–H and O–H groups in total. The third-order valence-electron chi connectivity index (χ3n) is 3.61. The molecule has 1 fully saturated rings. The van der Waals surface area contributed by atoms with Crippen LogP contribution < -0.4 is 9.64 Å². The topological polar surface area (TPSA) is 38.2 Å². The summed E-state index contributed by atoms with van der Waals surface area (Å²) in [6.45, 7) is 4.06. The van der Waals surface area contributed by atoms with Crippen LogP contribution in [-0.2, 0) is 0 Å². The average molecular weight is 269 g/mol. The zero-order valence-corrected chi connectivity index (χ0v) is 11.7. The SMILES string of the molecule is Cc1cc(N2CCC(Oc3ccccn3)CC2)ccn1. The zero-order chi connectivity index (χ0) is 13.8. The summed E-state index contributed by atoms with van der Waals surface area (Å²) in [6.07, 6.45) is 5.96. The monoisotopic (exact) mass is 269 g/mol. The number of hydrogen-bond acceptors (Lipinski definition) is 4. The van der Waals surface area contributed by atoms with Gasteiger partial charge < -0.3 is 9.64 Å². The molecular weight excluding hydrogens is 250 g/mol. The molecule has 0 unspecified atom stereocenters. The van der Waals surface area contributed by atoms with E-state index in [1.165, 1.54) is 5.69 Å². The fourth-order valence-electron chi connectivity index (χ4n) is 2.55. The van der Waals surface area contributed by atoms with Gasteiger partial charge in [-0.3, -0.25) is 4.98 Å². The van der Waals surface area contributed by atoms with E-state index in [4.69, 9.17) is 4.74 Å². The smallest absolute Gasteiger partial charge is 0.213 e. The van der Waals surface area contributed by atoms with Gasteiger partial charge in [-0.25, -0.2) is 4.98 Å². The Morgan fingerprint density at radius 2 is 1.95 bits per heavy atom. The molecule has 104 valence electrons. The van der Waals surface area contributed by atoms with Gasteiger partial charge in [0.1, 0.15) is 6.10 Å². The standard InChI is InChI=1S/C16H19N3O/c1-13-12-14(5-9-17-13)19-10-6-15(7-11-19)20-16-4-2-3-8-18-16/h2-5,8-9,12,15H,6-7,10-11H2,1H3. The molecule has 3 rings (SSSR count). The first-order valence-electron chi connectivity index (χ1n) is 7.06. The van der Waals surface area contributed by atoms with Gasteiger partial charge >= 0.3 is 0 Å². The van der Waals surface area contributed by atoms with Crippen LogP contribution in [0.15, 0.2) is 42.7 Å². The molecule has 0 amide bonds. The van der Waals surface area contributed by atoms with Gasteiger partial charge in [-0.05, 0) is 25.1 Å². The molecule has 0 atom stereocenters. The summed E-state index contributed by atoms with van der Waals surface area (Å²) in [4.78, 5) is 10.9. The van der Waals surface area contributed by atoms with Crippen molar-refractivity contribution in [3.63, 3.8) is 0 Å². The molecule has 0 bridgehead atoms. The summed E-state index contributed by atoms with van der Waals surface area (Å²) < 4.78 is 5.91. The summed E-state index contributed by atoms with van der Waals surface area (Å²) in [5.41, 5.74) is 2.32. The second kappa shape index (κ2) is 5.90. The van der Waals surface area contributed by atoms with Crippen molar-refractivity contribution < 1.29 is 4.74 Å². The van der Waals surface area contributed by atoms with Gasteiger partial charge in [-0.2, -0.15) is 0 Å². The van der Waals surface area contributed by atoms with Crippen LogP contribution in [0.25, 0.3) is 0 Å². The van der Waals surface area contributed by atoms with E-state index in [0.717, 1.165) is 37.5 Å². The Bertz CT molecular complexity index is 551. The first kappa shape index (κ1) is 12.9. The van der Waals surface area contributed by atoms with Crippen LogP contribution in [0.4, 0.5) is 5.69 Å². The third-order valence-corrected chi connectivity index (χ3v) is 3.61. The highest BCUT2D eigenvalue weighted by atomic mass is 16.5. The normalized spacial score (nSPS) is 16.1. The quantitative estimate of drug-likeness (QED) is 0.859. The molecule has 0 aromatic carbocycles. The lowest BCUT2D eigenvalue weighted by Gasteiger charge is -2.33. The molecule has 4 nitrogen and oxygen atoms in total. The molecule has 0 saturated carbocycles. The Hall–Kier alpha value is -2.10. The van der Waals surface area contributed by atoms with Crippen molar-refractivity contribution in [1.82, 2.24) is 9.97 Å². The lowest BCUT2D eigenvalue weighted by Crippen LogP contribution is -2.38. The van der Waals surface area contributed by atoms with Crippen LogP contribution >= 0.6 is 0 Å².